The summed E-state index contributed by atoms with van der Waals surface area (Å²) in [5.74, 6) is -0.255. The molecule has 0 radical (unpaired) electrons. The van der Waals surface area contributed by atoms with Gasteiger partial charge in [-0.15, -0.1) is 0 Å². The Kier molecular flexibility index (Phi) is 6.22. The van der Waals surface area contributed by atoms with E-state index in [2.05, 4.69) is 46.1 Å². The van der Waals surface area contributed by atoms with Crippen molar-refractivity contribution in [3.05, 3.63) is 65.2 Å². The lowest BCUT2D eigenvalue weighted by atomic mass is 10.0. The SMILES string of the molecule is Cc1ccc(C(CNC(=O)c2cccc(S(=O)(=O)NC3CC3)c2)N2CCCC2)cc1. The van der Waals surface area contributed by atoms with E-state index in [1.165, 1.54) is 36.1 Å². The average molecular weight is 428 g/mol. The molecule has 4 rings (SSSR count). The molecule has 1 saturated heterocycles. The van der Waals surface area contributed by atoms with E-state index in [-0.39, 0.29) is 22.9 Å². The molecular formula is C23H29N3O3S. The number of hydrogen-bond donors (Lipinski definition) is 2. The Hall–Kier alpha value is -2.22. The molecule has 1 atom stereocenters. The lowest BCUT2D eigenvalue weighted by Gasteiger charge is -2.28. The fourth-order valence-electron chi connectivity index (χ4n) is 3.88. The van der Waals surface area contributed by atoms with Crippen LogP contribution in [0.25, 0.3) is 0 Å². The van der Waals surface area contributed by atoms with Crippen molar-refractivity contribution in [3.63, 3.8) is 0 Å². The van der Waals surface area contributed by atoms with Gasteiger partial charge >= 0.3 is 0 Å². The number of carbonyl (C=O) groups is 1. The van der Waals surface area contributed by atoms with Gasteiger partial charge in [0.15, 0.2) is 0 Å². The quantitative estimate of drug-likeness (QED) is 0.679. The van der Waals surface area contributed by atoms with Crippen molar-refractivity contribution in [1.82, 2.24) is 14.9 Å². The van der Waals surface area contributed by atoms with Crippen molar-refractivity contribution in [2.45, 2.75) is 49.6 Å². The Bertz CT molecular complexity index is 995. The first-order chi connectivity index (χ1) is 14.4. The summed E-state index contributed by atoms with van der Waals surface area (Å²) in [7, 11) is -3.58. The van der Waals surface area contributed by atoms with Gasteiger partial charge in [0.05, 0.1) is 10.9 Å². The van der Waals surface area contributed by atoms with Crippen molar-refractivity contribution in [3.8, 4) is 0 Å². The third kappa shape index (κ3) is 5.09. The summed E-state index contributed by atoms with van der Waals surface area (Å²) < 4.78 is 27.6. The predicted molar refractivity (Wildman–Crippen MR) is 117 cm³/mol. The van der Waals surface area contributed by atoms with Gasteiger partial charge in [-0.2, -0.15) is 0 Å². The van der Waals surface area contributed by atoms with Crippen LogP contribution in [-0.2, 0) is 10.0 Å². The lowest BCUT2D eigenvalue weighted by Crippen LogP contribution is -2.37. The molecule has 160 valence electrons. The molecule has 1 aliphatic carbocycles. The number of nitrogens with zero attached hydrogens (tertiary/aromatic N) is 1. The van der Waals surface area contributed by atoms with Crippen LogP contribution in [0.5, 0.6) is 0 Å². The Morgan fingerprint density at radius 2 is 1.80 bits per heavy atom. The smallest absolute Gasteiger partial charge is 0.251 e. The minimum Gasteiger partial charge on any atom is -0.350 e. The van der Waals surface area contributed by atoms with Gasteiger partial charge in [0.1, 0.15) is 0 Å². The number of benzene rings is 2. The highest BCUT2D eigenvalue weighted by Crippen LogP contribution is 2.25. The second-order valence-corrected chi connectivity index (χ2v) is 10.0. The molecule has 2 fully saturated rings. The van der Waals surface area contributed by atoms with Crippen LogP contribution in [0.4, 0.5) is 0 Å². The van der Waals surface area contributed by atoms with E-state index >= 15 is 0 Å². The van der Waals surface area contributed by atoms with Crippen LogP contribution in [0.1, 0.15) is 53.2 Å². The molecule has 0 spiro atoms. The zero-order chi connectivity index (χ0) is 21.1. The van der Waals surface area contributed by atoms with Crippen LogP contribution in [0.15, 0.2) is 53.4 Å². The Labute approximate surface area is 178 Å². The van der Waals surface area contributed by atoms with Crippen LogP contribution in [-0.4, -0.2) is 44.9 Å². The van der Waals surface area contributed by atoms with Crippen LogP contribution in [0.3, 0.4) is 0 Å². The highest BCUT2D eigenvalue weighted by atomic mass is 32.2. The normalized spacial score (nSPS) is 18.3. The molecule has 1 unspecified atom stereocenters. The molecule has 6 nitrogen and oxygen atoms in total. The van der Waals surface area contributed by atoms with E-state index in [1.54, 1.807) is 12.1 Å². The molecule has 2 aromatic rings. The van der Waals surface area contributed by atoms with E-state index in [0.717, 1.165) is 25.9 Å². The van der Waals surface area contributed by atoms with Crippen LogP contribution in [0, 0.1) is 6.92 Å². The summed E-state index contributed by atoms with van der Waals surface area (Å²) in [6, 6.07) is 14.9. The van der Waals surface area contributed by atoms with Crippen LogP contribution < -0.4 is 10.0 Å². The van der Waals surface area contributed by atoms with E-state index in [4.69, 9.17) is 0 Å². The second-order valence-electron chi connectivity index (χ2n) is 8.30. The van der Waals surface area contributed by atoms with Gasteiger partial charge in [0, 0.05) is 18.2 Å². The maximum absolute atomic E-state index is 12.8. The number of hydrogen-bond acceptors (Lipinski definition) is 4. The highest BCUT2D eigenvalue weighted by Gasteiger charge is 2.28. The third-order valence-corrected chi connectivity index (χ3v) is 7.32. The van der Waals surface area contributed by atoms with E-state index < -0.39 is 10.0 Å². The first-order valence-electron chi connectivity index (χ1n) is 10.6. The molecule has 2 aromatic carbocycles. The van der Waals surface area contributed by atoms with Crippen LogP contribution >= 0.6 is 0 Å². The monoisotopic (exact) mass is 427 g/mol. The van der Waals surface area contributed by atoms with Crippen molar-refractivity contribution >= 4 is 15.9 Å². The van der Waals surface area contributed by atoms with Gasteiger partial charge in [-0.1, -0.05) is 35.9 Å². The van der Waals surface area contributed by atoms with Gasteiger partial charge in [0.25, 0.3) is 5.91 Å². The summed E-state index contributed by atoms with van der Waals surface area (Å²) in [6.45, 7) is 4.60. The number of nitrogens with one attached hydrogen (secondary N) is 2. The topological polar surface area (TPSA) is 78.5 Å². The summed E-state index contributed by atoms with van der Waals surface area (Å²) in [4.78, 5) is 15.4. The molecule has 1 aliphatic heterocycles. The fraction of sp³-hybridized carbons (Fsp3) is 0.435. The zero-order valence-electron chi connectivity index (χ0n) is 17.3. The Balaban J connectivity index is 1.46. The molecule has 0 bridgehead atoms. The van der Waals surface area contributed by atoms with Crippen molar-refractivity contribution in [2.75, 3.05) is 19.6 Å². The largest absolute Gasteiger partial charge is 0.350 e. The van der Waals surface area contributed by atoms with Crippen molar-refractivity contribution in [1.29, 1.82) is 0 Å². The van der Waals surface area contributed by atoms with Crippen LogP contribution in [0.2, 0.25) is 0 Å². The molecule has 1 saturated carbocycles. The van der Waals surface area contributed by atoms with Gasteiger partial charge < -0.3 is 5.32 Å². The Morgan fingerprint density at radius 1 is 1.10 bits per heavy atom. The molecule has 0 aromatic heterocycles. The van der Waals surface area contributed by atoms with Gasteiger partial charge in [-0.3, -0.25) is 9.69 Å². The number of amides is 1. The molecule has 1 heterocycles. The fourth-order valence-corrected chi connectivity index (χ4v) is 5.23. The van der Waals surface area contributed by atoms with Crippen molar-refractivity contribution in [2.24, 2.45) is 0 Å². The van der Waals surface area contributed by atoms with E-state index in [0.29, 0.717) is 12.1 Å². The highest BCUT2D eigenvalue weighted by molar-refractivity contribution is 7.89. The maximum Gasteiger partial charge on any atom is 0.251 e. The molecule has 7 heteroatoms. The lowest BCUT2D eigenvalue weighted by molar-refractivity contribution is 0.0937. The minimum absolute atomic E-state index is 0.0308. The standard InChI is InChI=1S/C23H29N3O3S/c1-17-7-9-18(10-8-17)22(26-13-2-3-14-26)16-24-23(27)19-5-4-6-21(15-19)30(28,29)25-20-11-12-20/h4-10,15,20,22,25H,2-3,11-14,16H2,1H3,(H,24,27). The summed E-state index contributed by atoms with van der Waals surface area (Å²) in [6.07, 6.45) is 4.08. The molecule has 2 N–H and O–H groups in total. The van der Waals surface area contributed by atoms with Crippen molar-refractivity contribution < 1.29 is 13.2 Å². The zero-order valence-corrected chi connectivity index (χ0v) is 18.1. The number of likely N-dealkylation sites (tertiary alicyclic amines) is 1. The van der Waals surface area contributed by atoms with Gasteiger partial charge in [-0.05, 0) is 69.5 Å². The molecule has 30 heavy (non-hydrogen) atoms. The number of rotatable bonds is 8. The first kappa shape index (κ1) is 21.0. The van der Waals surface area contributed by atoms with E-state index in [9.17, 15) is 13.2 Å². The van der Waals surface area contributed by atoms with Gasteiger partial charge in [-0.25, -0.2) is 13.1 Å². The molecule has 2 aliphatic rings. The first-order valence-corrected chi connectivity index (χ1v) is 12.1. The number of carbonyl (C=O) groups excluding carboxylic acids is 1. The third-order valence-electron chi connectivity index (χ3n) is 5.81. The second kappa shape index (κ2) is 8.88. The average Bonchev–Trinajstić information content (AvgIpc) is 3.37. The maximum atomic E-state index is 12.8. The Morgan fingerprint density at radius 3 is 2.47 bits per heavy atom. The summed E-state index contributed by atoms with van der Waals surface area (Å²) in [5.41, 5.74) is 2.76. The van der Waals surface area contributed by atoms with Gasteiger partial charge in [0.2, 0.25) is 10.0 Å². The minimum atomic E-state index is -3.58. The predicted octanol–water partition coefficient (Wildman–Crippen LogP) is 3.00. The summed E-state index contributed by atoms with van der Waals surface area (Å²) >= 11 is 0. The van der Waals surface area contributed by atoms with E-state index in [1.807, 2.05) is 0 Å². The number of aryl methyl sites for hydroxylation is 1. The number of sulfonamides is 1. The summed E-state index contributed by atoms with van der Waals surface area (Å²) in [5, 5.41) is 3.02. The molecule has 1 amide bonds. The molecular weight excluding hydrogens is 398 g/mol.